The van der Waals surface area contributed by atoms with Crippen molar-refractivity contribution in [1.82, 2.24) is 9.80 Å². The second-order valence-corrected chi connectivity index (χ2v) is 13.4. The number of aromatic hydroxyl groups is 1. The molecule has 4 unspecified atom stereocenters. The van der Waals surface area contributed by atoms with E-state index in [0.717, 1.165) is 25.2 Å². The molecule has 43 heavy (non-hydrogen) atoms. The van der Waals surface area contributed by atoms with Gasteiger partial charge in [-0.1, -0.05) is 53.6 Å². The Bertz CT molecular complexity index is 1660. The molecule has 220 valence electrons. The van der Waals surface area contributed by atoms with Crippen LogP contribution in [0.4, 0.5) is 0 Å². The summed E-state index contributed by atoms with van der Waals surface area (Å²) in [5.41, 5.74) is 3.10. The second-order valence-electron chi connectivity index (χ2n) is 12.1. The van der Waals surface area contributed by atoms with Gasteiger partial charge in [-0.15, -0.1) is 0 Å². The number of imide groups is 1. The van der Waals surface area contributed by atoms with Crippen LogP contribution in [-0.4, -0.2) is 57.4 Å². The summed E-state index contributed by atoms with van der Waals surface area (Å²) in [5.74, 6) is -3.30. The van der Waals surface area contributed by atoms with Gasteiger partial charge in [0, 0.05) is 59.4 Å². The normalized spacial score (nSPS) is 28.0. The van der Waals surface area contributed by atoms with E-state index in [0.29, 0.717) is 41.0 Å². The summed E-state index contributed by atoms with van der Waals surface area (Å²) in [6, 6.07) is 14.8. The zero-order chi connectivity index (χ0) is 30.0. The largest absolute Gasteiger partial charge is 0.508 e. The first kappa shape index (κ1) is 28.4. The molecule has 7 nitrogen and oxygen atoms in total. The highest BCUT2D eigenvalue weighted by atomic mass is 79.9. The van der Waals surface area contributed by atoms with Crippen molar-refractivity contribution >= 4 is 50.9 Å². The summed E-state index contributed by atoms with van der Waals surface area (Å²) in [6.45, 7) is 2.42. The van der Waals surface area contributed by atoms with Crippen LogP contribution < -0.4 is 0 Å². The number of phenolic OH excluding ortho intramolecular Hbond substituents is 1. The van der Waals surface area contributed by atoms with Gasteiger partial charge in [0.2, 0.25) is 11.8 Å². The average Bonchev–Trinajstić information content (AvgIpc) is 3.26. The summed E-state index contributed by atoms with van der Waals surface area (Å²) in [5, 5.41) is 11.3. The lowest BCUT2D eigenvalue weighted by molar-refractivity contribution is -0.144. The molecule has 2 aromatic carbocycles. The van der Waals surface area contributed by atoms with Gasteiger partial charge in [0.15, 0.2) is 11.6 Å². The van der Waals surface area contributed by atoms with Crippen LogP contribution in [0.15, 0.2) is 81.9 Å². The first-order valence-corrected chi connectivity index (χ1v) is 15.9. The highest BCUT2D eigenvalue weighted by molar-refractivity contribution is 9.12. The lowest BCUT2D eigenvalue weighted by Gasteiger charge is -2.42. The van der Waals surface area contributed by atoms with E-state index in [4.69, 9.17) is 11.6 Å². The van der Waals surface area contributed by atoms with Crippen molar-refractivity contribution in [3.63, 3.8) is 0 Å². The molecule has 9 heteroatoms. The molecule has 0 spiro atoms. The number of hydrogen-bond donors (Lipinski definition) is 1. The van der Waals surface area contributed by atoms with Crippen LogP contribution in [0.1, 0.15) is 42.7 Å². The maximum atomic E-state index is 14.2. The van der Waals surface area contributed by atoms with E-state index in [1.807, 2.05) is 24.3 Å². The molecule has 0 saturated carbocycles. The number of Topliss-reactive ketones (excluding diaryl/α,β-unsaturated/α-hetero) is 1. The lowest BCUT2D eigenvalue weighted by Crippen LogP contribution is -2.47. The molecule has 0 bridgehead atoms. The number of allylic oxidation sites excluding steroid dienone is 6. The van der Waals surface area contributed by atoms with Crippen LogP contribution in [0.5, 0.6) is 5.75 Å². The second kappa shape index (κ2) is 11.0. The Morgan fingerprint density at radius 3 is 2.44 bits per heavy atom. The zero-order valence-electron chi connectivity index (χ0n) is 23.3. The van der Waals surface area contributed by atoms with Crippen molar-refractivity contribution in [3.05, 3.63) is 98.0 Å². The monoisotopic (exact) mass is 660 g/mol. The van der Waals surface area contributed by atoms with Crippen LogP contribution in [0, 0.1) is 17.8 Å². The fourth-order valence-electron chi connectivity index (χ4n) is 7.88. The quantitative estimate of drug-likeness (QED) is 0.265. The van der Waals surface area contributed by atoms with E-state index in [1.54, 1.807) is 12.1 Å². The number of phenols is 1. The minimum absolute atomic E-state index is 0.0449. The number of halogens is 2. The van der Waals surface area contributed by atoms with E-state index in [9.17, 15) is 24.3 Å². The molecule has 2 aliphatic heterocycles. The summed E-state index contributed by atoms with van der Waals surface area (Å²) >= 11 is 9.59. The number of ketones is 2. The van der Waals surface area contributed by atoms with E-state index < -0.39 is 23.7 Å². The summed E-state index contributed by atoms with van der Waals surface area (Å²) in [6.07, 6.45) is 5.23. The van der Waals surface area contributed by atoms with E-state index in [1.165, 1.54) is 22.6 Å². The minimum atomic E-state index is -0.736. The molecule has 2 amide bonds. The lowest BCUT2D eigenvalue weighted by atomic mass is 9.59. The van der Waals surface area contributed by atoms with Gasteiger partial charge in [0.25, 0.3) is 0 Å². The number of carbonyl (C=O) groups excluding carboxylic acids is 4. The molecule has 0 aromatic heterocycles. The Morgan fingerprint density at radius 1 is 0.953 bits per heavy atom. The fraction of sp³-hybridized carbons (Fsp3) is 0.353. The maximum Gasteiger partial charge on any atom is 0.233 e. The van der Waals surface area contributed by atoms with Crippen molar-refractivity contribution < 1.29 is 24.3 Å². The number of piperidine rings is 1. The van der Waals surface area contributed by atoms with Crippen LogP contribution in [-0.2, 0) is 25.7 Å². The molecule has 2 heterocycles. The molecule has 2 aromatic rings. The summed E-state index contributed by atoms with van der Waals surface area (Å²) in [7, 11) is 0. The number of carbonyl (C=O) groups is 4. The molecule has 4 atom stereocenters. The van der Waals surface area contributed by atoms with Crippen LogP contribution in [0.25, 0.3) is 0 Å². The van der Waals surface area contributed by atoms with E-state index >= 15 is 0 Å². The van der Waals surface area contributed by atoms with Gasteiger partial charge in [-0.05, 0) is 71.3 Å². The first-order valence-electron chi connectivity index (χ1n) is 14.7. The average molecular weight is 662 g/mol. The Morgan fingerprint density at radius 2 is 1.70 bits per heavy atom. The van der Waals surface area contributed by atoms with Crippen molar-refractivity contribution in [2.75, 3.05) is 13.1 Å². The van der Waals surface area contributed by atoms with Gasteiger partial charge in [-0.3, -0.25) is 29.0 Å². The molecule has 0 radical (unpaired) electrons. The number of hydrogen-bond acceptors (Lipinski definition) is 6. The van der Waals surface area contributed by atoms with Gasteiger partial charge >= 0.3 is 0 Å². The van der Waals surface area contributed by atoms with Crippen molar-refractivity contribution in [1.29, 1.82) is 0 Å². The number of nitrogens with zero attached hydrogens (tertiary/aromatic N) is 2. The molecular formula is C34H30BrClN2O5. The van der Waals surface area contributed by atoms with Crippen LogP contribution >= 0.6 is 27.5 Å². The Labute approximate surface area is 263 Å². The van der Waals surface area contributed by atoms with Crippen molar-refractivity contribution in [3.8, 4) is 5.75 Å². The third-order valence-electron chi connectivity index (χ3n) is 9.84. The number of fused-ring (bicyclic) bond motifs is 3. The van der Waals surface area contributed by atoms with Gasteiger partial charge in [0.05, 0.1) is 16.3 Å². The molecule has 2 fully saturated rings. The van der Waals surface area contributed by atoms with E-state index in [-0.39, 0.29) is 46.1 Å². The summed E-state index contributed by atoms with van der Waals surface area (Å²) < 4.78 is 0.169. The molecular weight excluding hydrogens is 632 g/mol. The Balaban J connectivity index is 1.19. The predicted molar refractivity (Wildman–Crippen MR) is 164 cm³/mol. The summed E-state index contributed by atoms with van der Waals surface area (Å²) in [4.78, 5) is 58.8. The number of amides is 2. The van der Waals surface area contributed by atoms with Gasteiger partial charge in [0.1, 0.15) is 5.75 Å². The third kappa shape index (κ3) is 4.75. The SMILES string of the molecule is O=C1C=C(Br)C(=O)C2=C1C(c1cc(Cl)ccc1O)C1=CCC3C(=O)N(C4CCN(Cc5ccccc5)CC4)C(=O)C3C1C2. The predicted octanol–water partition coefficient (Wildman–Crippen LogP) is 5.47. The standard InChI is InChI=1S/C34H30BrClN2O5/c35-26-16-28(40)31-25(32(26)41)15-23-21(29(31)24-14-19(36)6-9-27(24)39)7-8-22-30(23)34(43)38(33(22)42)20-10-12-37(13-11-20)17-18-4-2-1-3-5-18/h1-7,9,14,16,20,22-23,29-30,39H,8,10-13,15,17H2. The van der Waals surface area contributed by atoms with Gasteiger partial charge < -0.3 is 5.11 Å². The third-order valence-corrected chi connectivity index (χ3v) is 10.7. The van der Waals surface area contributed by atoms with Crippen LogP contribution in [0.2, 0.25) is 5.02 Å². The molecule has 3 aliphatic carbocycles. The number of likely N-dealkylation sites (tertiary alicyclic amines) is 2. The van der Waals surface area contributed by atoms with Crippen molar-refractivity contribution in [2.45, 2.75) is 44.2 Å². The smallest absolute Gasteiger partial charge is 0.233 e. The zero-order valence-corrected chi connectivity index (χ0v) is 25.7. The van der Waals surface area contributed by atoms with Crippen LogP contribution in [0.3, 0.4) is 0 Å². The Kier molecular flexibility index (Phi) is 7.27. The van der Waals surface area contributed by atoms with Gasteiger partial charge in [-0.2, -0.15) is 0 Å². The molecule has 7 rings (SSSR count). The maximum absolute atomic E-state index is 14.2. The molecule has 1 N–H and O–H groups in total. The highest BCUT2D eigenvalue weighted by Crippen LogP contribution is 2.56. The first-order chi connectivity index (χ1) is 20.7. The number of benzene rings is 2. The molecule has 5 aliphatic rings. The minimum Gasteiger partial charge on any atom is -0.508 e. The van der Waals surface area contributed by atoms with Crippen molar-refractivity contribution in [2.24, 2.45) is 17.8 Å². The Hall–Kier alpha value is -3.33. The van der Waals surface area contributed by atoms with Gasteiger partial charge in [-0.25, -0.2) is 0 Å². The topological polar surface area (TPSA) is 95.0 Å². The highest BCUT2D eigenvalue weighted by Gasteiger charge is 2.57. The fourth-order valence-corrected chi connectivity index (χ4v) is 8.51. The molecule has 2 saturated heterocycles. The number of rotatable bonds is 4. The van der Waals surface area contributed by atoms with E-state index in [2.05, 4.69) is 33.0 Å².